The van der Waals surface area contributed by atoms with Gasteiger partial charge in [0, 0.05) is 0 Å². The first kappa shape index (κ1) is 12.2. The highest BCUT2D eigenvalue weighted by molar-refractivity contribution is 5.76. The number of carboxylic acids is 1. The van der Waals surface area contributed by atoms with Gasteiger partial charge in [-0.3, -0.25) is 4.79 Å². The number of carboxylic acid groups (broad SMARTS) is 1. The van der Waals surface area contributed by atoms with Crippen LogP contribution in [0.5, 0.6) is 0 Å². The van der Waals surface area contributed by atoms with Gasteiger partial charge in [-0.15, -0.1) is 10.2 Å². The molecule has 1 rings (SSSR count). The van der Waals surface area contributed by atoms with Crippen LogP contribution >= 0.6 is 0 Å². The summed E-state index contributed by atoms with van der Waals surface area (Å²) in [7, 11) is 0. The van der Waals surface area contributed by atoms with Gasteiger partial charge in [-0.05, 0) is 19.1 Å². The monoisotopic (exact) mass is 235 g/mol. The number of hydrogen-bond donors (Lipinski definition) is 2. The lowest BCUT2D eigenvalue weighted by Crippen LogP contribution is -2.26. The van der Waals surface area contributed by atoms with E-state index in [2.05, 4.69) is 15.5 Å². The minimum atomic E-state index is -4.55. The number of aromatic nitrogens is 2. The predicted octanol–water partition coefficient (Wildman–Crippen LogP) is 1.38. The standard InChI is InChI=1S/C8H8F3N3O2/c1-4(7(15)16)12-6-3-2-5(13-14-6)8(9,10)11/h2-4H,1H3,(H,12,14)(H,15,16). The first-order valence-electron chi connectivity index (χ1n) is 4.21. The summed E-state index contributed by atoms with van der Waals surface area (Å²) in [6.45, 7) is 1.34. The molecule has 0 amide bonds. The third-order valence-corrected chi connectivity index (χ3v) is 1.69. The van der Waals surface area contributed by atoms with Crippen LogP contribution in [0, 0.1) is 0 Å². The number of carbonyl (C=O) groups is 1. The van der Waals surface area contributed by atoms with Crippen molar-refractivity contribution in [3.05, 3.63) is 17.8 Å². The van der Waals surface area contributed by atoms with Crippen LogP contribution in [0.4, 0.5) is 19.0 Å². The van der Waals surface area contributed by atoms with E-state index in [1.54, 1.807) is 0 Å². The number of rotatable bonds is 3. The van der Waals surface area contributed by atoms with Crippen LogP contribution in [0.1, 0.15) is 12.6 Å². The molecule has 0 aromatic carbocycles. The van der Waals surface area contributed by atoms with Gasteiger partial charge in [0.1, 0.15) is 11.9 Å². The third-order valence-electron chi connectivity index (χ3n) is 1.69. The summed E-state index contributed by atoms with van der Waals surface area (Å²) in [5, 5.41) is 17.1. The maximum absolute atomic E-state index is 12.1. The van der Waals surface area contributed by atoms with Gasteiger partial charge >= 0.3 is 12.1 Å². The van der Waals surface area contributed by atoms with Crippen LogP contribution in [0.25, 0.3) is 0 Å². The largest absolute Gasteiger partial charge is 0.480 e. The van der Waals surface area contributed by atoms with Gasteiger partial charge < -0.3 is 10.4 Å². The van der Waals surface area contributed by atoms with Gasteiger partial charge in [0.25, 0.3) is 0 Å². The molecule has 1 unspecified atom stereocenters. The topological polar surface area (TPSA) is 75.1 Å². The number of alkyl halides is 3. The van der Waals surface area contributed by atoms with Crippen LogP contribution < -0.4 is 5.32 Å². The molecule has 0 spiro atoms. The lowest BCUT2D eigenvalue weighted by Gasteiger charge is -2.10. The van der Waals surface area contributed by atoms with Gasteiger partial charge in [0.05, 0.1) is 0 Å². The molecule has 0 aliphatic carbocycles. The first-order chi connectivity index (χ1) is 7.30. The molecule has 0 aliphatic rings. The Labute approximate surface area is 88.3 Å². The van der Waals surface area contributed by atoms with Crippen molar-refractivity contribution in [3.8, 4) is 0 Å². The van der Waals surface area contributed by atoms with E-state index in [0.717, 1.165) is 12.1 Å². The molecule has 0 saturated carbocycles. The first-order valence-corrected chi connectivity index (χ1v) is 4.21. The van der Waals surface area contributed by atoms with Crippen molar-refractivity contribution in [2.45, 2.75) is 19.1 Å². The van der Waals surface area contributed by atoms with Crippen molar-refractivity contribution >= 4 is 11.8 Å². The lowest BCUT2D eigenvalue weighted by molar-refractivity contribution is -0.142. The smallest absolute Gasteiger partial charge is 0.435 e. The highest BCUT2D eigenvalue weighted by Gasteiger charge is 2.32. The molecule has 1 heterocycles. The molecule has 1 aromatic heterocycles. The molecule has 5 nitrogen and oxygen atoms in total. The average molecular weight is 235 g/mol. The molecule has 1 atom stereocenters. The summed E-state index contributed by atoms with van der Waals surface area (Å²) in [4.78, 5) is 10.4. The zero-order chi connectivity index (χ0) is 12.3. The summed E-state index contributed by atoms with van der Waals surface area (Å²) < 4.78 is 36.3. The van der Waals surface area contributed by atoms with Crippen molar-refractivity contribution in [1.29, 1.82) is 0 Å². The Morgan fingerprint density at radius 3 is 2.44 bits per heavy atom. The van der Waals surface area contributed by atoms with Crippen LogP contribution in [0.2, 0.25) is 0 Å². The minimum absolute atomic E-state index is 0.0251. The van der Waals surface area contributed by atoms with Gasteiger partial charge in [-0.1, -0.05) is 0 Å². The van der Waals surface area contributed by atoms with E-state index in [0.29, 0.717) is 0 Å². The fourth-order valence-corrected chi connectivity index (χ4v) is 0.844. The molecular weight excluding hydrogens is 227 g/mol. The normalized spacial score (nSPS) is 13.2. The minimum Gasteiger partial charge on any atom is -0.480 e. The molecule has 0 fully saturated rings. The van der Waals surface area contributed by atoms with Crippen molar-refractivity contribution in [2.24, 2.45) is 0 Å². The van der Waals surface area contributed by atoms with E-state index in [9.17, 15) is 18.0 Å². The quantitative estimate of drug-likeness (QED) is 0.827. The van der Waals surface area contributed by atoms with Crippen molar-refractivity contribution in [1.82, 2.24) is 10.2 Å². The fraction of sp³-hybridized carbons (Fsp3) is 0.375. The van der Waals surface area contributed by atoms with Gasteiger partial charge in [0.2, 0.25) is 0 Å². The van der Waals surface area contributed by atoms with E-state index >= 15 is 0 Å². The van der Waals surface area contributed by atoms with Crippen molar-refractivity contribution < 1.29 is 23.1 Å². The number of nitrogens with zero attached hydrogens (tertiary/aromatic N) is 2. The van der Waals surface area contributed by atoms with Crippen LogP contribution in [0.3, 0.4) is 0 Å². The molecule has 1 aromatic rings. The van der Waals surface area contributed by atoms with E-state index in [-0.39, 0.29) is 5.82 Å². The van der Waals surface area contributed by atoms with Crippen molar-refractivity contribution in [2.75, 3.05) is 5.32 Å². The fourth-order valence-electron chi connectivity index (χ4n) is 0.844. The molecule has 0 radical (unpaired) electrons. The molecule has 2 N–H and O–H groups in total. The van der Waals surface area contributed by atoms with Crippen molar-refractivity contribution in [3.63, 3.8) is 0 Å². The van der Waals surface area contributed by atoms with E-state index in [1.807, 2.05) is 0 Å². The van der Waals surface area contributed by atoms with Gasteiger partial charge in [0.15, 0.2) is 5.69 Å². The Balaban J connectivity index is 2.76. The summed E-state index contributed by atoms with van der Waals surface area (Å²) in [6.07, 6.45) is -4.55. The molecule has 0 saturated heterocycles. The Kier molecular flexibility index (Phi) is 3.31. The second-order valence-electron chi connectivity index (χ2n) is 3.01. The predicted molar refractivity (Wildman–Crippen MR) is 47.8 cm³/mol. The Bertz CT molecular complexity index is 377. The summed E-state index contributed by atoms with van der Waals surface area (Å²) in [5.74, 6) is -1.16. The number of nitrogens with one attached hydrogen (secondary N) is 1. The second-order valence-corrected chi connectivity index (χ2v) is 3.01. The van der Waals surface area contributed by atoms with Gasteiger partial charge in [-0.25, -0.2) is 0 Å². The molecular formula is C8H8F3N3O2. The number of anilines is 1. The Morgan fingerprint density at radius 2 is 2.06 bits per heavy atom. The molecule has 0 bridgehead atoms. The maximum atomic E-state index is 12.1. The lowest BCUT2D eigenvalue weighted by atomic mass is 10.3. The number of hydrogen-bond acceptors (Lipinski definition) is 4. The number of halogens is 3. The van der Waals surface area contributed by atoms with E-state index in [1.165, 1.54) is 6.92 Å². The highest BCUT2D eigenvalue weighted by atomic mass is 19.4. The summed E-state index contributed by atoms with van der Waals surface area (Å²) in [5.41, 5.74) is -1.12. The maximum Gasteiger partial charge on any atom is 0.435 e. The average Bonchev–Trinajstić information content (AvgIpc) is 2.17. The van der Waals surface area contributed by atoms with E-state index < -0.39 is 23.9 Å². The zero-order valence-corrected chi connectivity index (χ0v) is 8.12. The molecule has 0 aliphatic heterocycles. The second kappa shape index (κ2) is 4.33. The Morgan fingerprint density at radius 1 is 1.44 bits per heavy atom. The number of aliphatic carboxylic acids is 1. The summed E-state index contributed by atoms with van der Waals surface area (Å²) >= 11 is 0. The van der Waals surface area contributed by atoms with Crippen LogP contribution in [-0.4, -0.2) is 27.3 Å². The molecule has 88 valence electrons. The SMILES string of the molecule is CC(Nc1ccc(C(F)(F)F)nn1)C(=O)O. The molecule has 8 heteroatoms. The zero-order valence-electron chi connectivity index (χ0n) is 8.12. The van der Waals surface area contributed by atoms with Gasteiger partial charge in [-0.2, -0.15) is 13.2 Å². The van der Waals surface area contributed by atoms with Crippen LogP contribution in [0.15, 0.2) is 12.1 Å². The highest BCUT2D eigenvalue weighted by Crippen LogP contribution is 2.27. The third kappa shape index (κ3) is 3.07. The molecule has 16 heavy (non-hydrogen) atoms. The van der Waals surface area contributed by atoms with E-state index in [4.69, 9.17) is 5.11 Å². The summed E-state index contributed by atoms with van der Waals surface area (Å²) in [6, 6.07) is 0.796. The Hall–Kier alpha value is -1.86. The van der Waals surface area contributed by atoms with Crippen LogP contribution in [-0.2, 0) is 11.0 Å².